The first-order chi connectivity index (χ1) is 14.0. The van der Waals surface area contributed by atoms with Gasteiger partial charge in [-0.25, -0.2) is 8.42 Å². The molecule has 0 spiro atoms. The summed E-state index contributed by atoms with van der Waals surface area (Å²) in [7, 11) is -3.63. The molecule has 0 saturated heterocycles. The third-order valence-corrected chi connectivity index (χ3v) is 8.42. The first-order valence-corrected chi connectivity index (χ1v) is 12.0. The molecule has 0 unspecified atom stereocenters. The largest absolute Gasteiger partial charge is 0.309 e. The number of nitrogens with zero attached hydrogens (tertiary/aromatic N) is 2. The van der Waals surface area contributed by atoms with Gasteiger partial charge < -0.3 is 4.90 Å². The number of fused-ring (bicyclic) bond motifs is 2. The van der Waals surface area contributed by atoms with Crippen LogP contribution in [-0.2, 0) is 27.7 Å². The third-order valence-electron chi connectivity index (χ3n) is 6.61. The molecule has 2 aromatic carbocycles. The Morgan fingerprint density at radius 3 is 2.55 bits per heavy atom. The average molecular weight is 411 g/mol. The molecule has 2 aliphatic heterocycles. The van der Waals surface area contributed by atoms with Gasteiger partial charge in [-0.2, -0.15) is 0 Å². The molecule has 1 saturated carbocycles. The van der Waals surface area contributed by atoms with Crippen LogP contribution in [0.3, 0.4) is 0 Å². The van der Waals surface area contributed by atoms with Crippen molar-refractivity contribution >= 4 is 27.3 Å². The summed E-state index contributed by atoms with van der Waals surface area (Å²) in [5, 5.41) is 0. The van der Waals surface area contributed by atoms with Crippen LogP contribution in [0.5, 0.6) is 0 Å². The van der Waals surface area contributed by atoms with Crippen LogP contribution in [0.4, 0.5) is 11.4 Å². The van der Waals surface area contributed by atoms with Crippen molar-refractivity contribution in [2.45, 2.75) is 56.4 Å². The van der Waals surface area contributed by atoms with Crippen molar-refractivity contribution in [1.82, 2.24) is 0 Å². The zero-order valence-electron chi connectivity index (χ0n) is 16.7. The summed E-state index contributed by atoms with van der Waals surface area (Å²) in [6.07, 6.45) is 5.49. The van der Waals surface area contributed by atoms with Gasteiger partial charge >= 0.3 is 0 Å². The average Bonchev–Trinajstić information content (AvgIpc) is 3.01. The molecule has 6 heteroatoms. The van der Waals surface area contributed by atoms with Gasteiger partial charge in [-0.3, -0.25) is 9.10 Å². The smallest absolute Gasteiger partial charge is 0.264 e. The quantitative estimate of drug-likeness (QED) is 0.771. The Kier molecular flexibility index (Phi) is 4.42. The normalized spacial score (nSPS) is 21.5. The topological polar surface area (TPSA) is 57.7 Å². The van der Waals surface area contributed by atoms with E-state index in [1.807, 2.05) is 42.2 Å². The SMILES string of the molecule is C[C@H]1Cc2cc(S(=O)(=O)N3CCCc4ccccc43)ccc2N1C(=O)C1CCC1. The van der Waals surface area contributed by atoms with Crippen LogP contribution in [0.25, 0.3) is 0 Å². The predicted molar refractivity (Wildman–Crippen MR) is 114 cm³/mol. The van der Waals surface area contributed by atoms with E-state index in [0.717, 1.165) is 54.6 Å². The van der Waals surface area contributed by atoms with Crippen molar-refractivity contribution < 1.29 is 13.2 Å². The summed E-state index contributed by atoms with van der Waals surface area (Å²) in [4.78, 5) is 15.1. The number of hydrogen-bond donors (Lipinski definition) is 0. The maximum Gasteiger partial charge on any atom is 0.264 e. The zero-order chi connectivity index (χ0) is 20.2. The third kappa shape index (κ3) is 2.96. The summed E-state index contributed by atoms with van der Waals surface area (Å²) in [5.74, 6) is 0.333. The van der Waals surface area contributed by atoms with Gasteiger partial charge in [-0.1, -0.05) is 24.6 Å². The lowest BCUT2D eigenvalue weighted by atomic mass is 9.84. The number of carbonyl (C=O) groups excluding carboxylic acids is 1. The van der Waals surface area contributed by atoms with Crippen molar-refractivity contribution in [2.24, 2.45) is 5.92 Å². The van der Waals surface area contributed by atoms with Gasteiger partial charge in [0.05, 0.1) is 10.6 Å². The molecule has 1 amide bonds. The summed E-state index contributed by atoms with van der Waals surface area (Å²) in [5.41, 5.74) is 3.70. The van der Waals surface area contributed by atoms with E-state index in [1.54, 1.807) is 16.4 Å². The zero-order valence-corrected chi connectivity index (χ0v) is 17.5. The maximum atomic E-state index is 13.5. The molecule has 0 bridgehead atoms. The maximum absolute atomic E-state index is 13.5. The molecule has 152 valence electrons. The molecule has 1 atom stereocenters. The molecule has 3 aliphatic rings. The van der Waals surface area contributed by atoms with Gasteiger partial charge in [0, 0.05) is 24.2 Å². The van der Waals surface area contributed by atoms with Crippen LogP contribution in [-0.4, -0.2) is 26.9 Å². The van der Waals surface area contributed by atoms with Crippen LogP contribution in [0.15, 0.2) is 47.4 Å². The Morgan fingerprint density at radius 2 is 1.79 bits per heavy atom. The second-order valence-electron chi connectivity index (χ2n) is 8.49. The van der Waals surface area contributed by atoms with Gasteiger partial charge in [0.2, 0.25) is 5.91 Å². The van der Waals surface area contributed by atoms with E-state index in [-0.39, 0.29) is 17.9 Å². The van der Waals surface area contributed by atoms with E-state index in [4.69, 9.17) is 0 Å². The number of rotatable bonds is 3. The highest BCUT2D eigenvalue weighted by Crippen LogP contribution is 2.39. The van der Waals surface area contributed by atoms with Crippen LogP contribution in [0, 0.1) is 5.92 Å². The van der Waals surface area contributed by atoms with Crippen LogP contribution in [0.2, 0.25) is 0 Å². The molecule has 2 heterocycles. The summed E-state index contributed by atoms with van der Waals surface area (Å²) < 4.78 is 28.5. The van der Waals surface area contributed by atoms with Crippen molar-refractivity contribution in [3.05, 3.63) is 53.6 Å². The van der Waals surface area contributed by atoms with Crippen molar-refractivity contribution in [3.63, 3.8) is 0 Å². The van der Waals surface area contributed by atoms with E-state index in [9.17, 15) is 13.2 Å². The van der Waals surface area contributed by atoms with Gasteiger partial charge in [-0.05, 0) is 74.4 Å². The molecule has 5 rings (SSSR count). The second-order valence-corrected chi connectivity index (χ2v) is 10.4. The van der Waals surface area contributed by atoms with E-state index < -0.39 is 10.0 Å². The number of sulfonamides is 1. The number of aryl methyl sites for hydroxylation is 1. The second kappa shape index (κ2) is 6.87. The minimum absolute atomic E-state index is 0.0757. The van der Waals surface area contributed by atoms with Gasteiger partial charge in [0.25, 0.3) is 10.0 Å². The van der Waals surface area contributed by atoms with Gasteiger partial charge in [-0.15, -0.1) is 0 Å². The van der Waals surface area contributed by atoms with Crippen molar-refractivity contribution in [2.75, 3.05) is 15.7 Å². The fraction of sp³-hybridized carbons (Fsp3) is 0.435. The first-order valence-electron chi connectivity index (χ1n) is 10.5. The Labute approximate surface area is 172 Å². The monoisotopic (exact) mass is 410 g/mol. The van der Waals surface area contributed by atoms with Crippen LogP contribution >= 0.6 is 0 Å². The summed E-state index contributed by atoms with van der Waals surface area (Å²) >= 11 is 0. The van der Waals surface area contributed by atoms with E-state index in [2.05, 4.69) is 0 Å². The highest BCUT2D eigenvalue weighted by molar-refractivity contribution is 7.92. The summed E-state index contributed by atoms with van der Waals surface area (Å²) in [6, 6.07) is 13.1. The Balaban J connectivity index is 1.49. The number of anilines is 2. The fourth-order valence-electron chi connectivity index (χ4n) is 4.83. The minimum atomic E-state index is -3.63. The highest BCUT2D eigenvalue weighted by Gasteiger charge is 2.38. The number of para-hydroxylation sites is 1. The van der Waals surface area contributed by atoms with Crippen LogP contribution in [0.1, 0.15) is 43.7 Å². The number of amides is 1. The molecule has 29 heavy (non-hydrogen) atoms. The standard InChI is InChI=1S/C23H26N2O3S/c1-16-14-19-15-20(11-12-22(19)25(16)23(26)18-7-4-8-18)29(27,28)24-13-5-9-17-6-2-3-10-21(17)24/h2-3,6,10-12,15-16,18H,4-5,7-9,13-14H2,1H3/t16-/m0/s1. The Bertz CT molecular complexity index is 1080. The molecule has 0 N–H and O–H groups in total. The molecule has 5 nitrogen and oxygen atoms in total. The summed E-state index contributed by atoms with van der Waals surface area (Å²) in [6.45, 7) is 2.55. The molecule has 2 aromatic rings. The molecular weight excluding hydrogens is 384 g/mol. The highest BCUT2D eigenvalue weighted by atomic mass is 32.2. The predicted octanol–water partition coefficient (Wildman–Crippen LogP) is 3.91. The minimum Gasteiger partial charge on any atom is -0.309 e. The molecule has 1 fully saturated rings. The van der Waals surface area contributed by atoms with E-state index >= 15 is 0 Å². The number of benzene rings is 2. The van der Waals surface area contributed by atoms with Gasteiger partial charge in [0.15, 0.2) is 0 Å². The van der Waals surface area contributed by atoms with Crippen LogP contribution < -0.4 is 9.21 Å². The van der Waals surface area contributed by atoms with Crippen molar-refractivity contribution in [3.8, 4) is 0 Å². The van der Waals surface area contributed by atoms with Gasteiger partial charge in [0.1, 0.15) is 0 Å². The lowest BCUT2D eigenvalue weighted by molar-refractivity contribution is -0.125. The number of hydrogen-bond acceptors (Lipinski definition) is 3. The Morgan fingerprint density at radius 1 is 1.00 bits per heavy atom. The van der Waals surface area contributed by atoms with Crippen molar-refractivity contribution in [1.29, 1.82) is 0 Å². The Hall–Kier alpha value is -2.34. The lowest BCUT2D eigenvalue weighted by Crippen LogP contribution is -2.42. The molecular formula is C23H26N2O3S. The van der Waals surface area contributed by atoms with E-state index in [0.29, 0.717) is 17.9 Å². The fourth-order valence-corrected chi connectivity index (χ4v) is 6.42. The lowest BCUT2D eigenvalue weighted by Gasteiger charge is -2.32. The first kappa shape index (κ1) is 18.7. The molecule has 0 aromatic heterocycles. The number of carbonyl (C=O) groups is 1. The van der Waals surface area contributed by atoms with E-state index in [1.165, 1.54) is 0 Å². The molecule has 1 aliphatic carbocycles. The molecule has 0 radical (unpaired) electrons.